The number of hydrogen-bond donors (Lipinski definition) is 6. The van der Waals surface area contributed by atoms with Gasteiger partial charge in [0.2, 0.25) is 0 Å². The summed E-state index contributed by atoms with van der Waals surface area (Å²) in [5.41, 5.74) is -3.05. The van der Waals surface area contributed by atoms with E-state index in [1.807, 2.05) is 0 Å². The Kier molecular flexibility index (Phi) is 4.29. The van der Waals surface area contributed by atoms with E-state index in [1.165, 1.54) is 0 Å². The number of carbonyl (C=O) groups is 2. The highest BCUT2D eigenvalue weighted by Crippen LogP contribution is 2.61. The summed E-state index contributed by atoms with van der Waals surface area (Å²) in [5, 5.41) is 13.8. The third kappa shape index (κ3) is 2.92. The first-order valence-corrected chi connectivity index (χ1v) is 7.12. The first-order valence-electron chi connectivity index (χ1n) is 3.83. The molecule has 0 aliphatic carbocycles. The maximum Gasteiger partial charge on any atom is 0.344 e. The predicted molar refractivity (Wildman–Crippen MR) is 51.6 cm³/mol. The van der Waals surface area contributed by atoms with Crippen LogP contribution in [0.3, 0.4) is 0 Å². The van der Waals surface area contributed by atoms with Gasteiger partial charge < -0.3 is 29.8 Å². The second kappa shape index (κ2) is 4.49. The average molecular weight is 292 g/mol. The van der Waals surface area contributed by atoms with Crippen LogP contribution in [0.2, 0.25) is 0 Å². The molecule has 0 bridgehead atoms. The Labute approximate surface area is 94.2 Å². The van der Waals surface area contributed by atoms with Crippen molar-refractivity contribution in [3.63, 3.8) is 0 Å². The van der Waals surface area contributed by atoms with Crippen LogP contribution in [0.5, 0.6) is 0 Å². The molecule has 0 aromatic rings. The van der Waals surface area contributed by atoms with Crippen LogP contribution in [0, 0.1) is 0 Å². The molecular weight excluding hydrogens is 282 g/mol. The zero-order chi connectivity index (χ0) is 14.2. The predicted octanol–water partition coefficient (Wildman–Crippen LogP) is -1.36. The minimum Gasteiger partial charge on any atom is -0.481 e. The van der Waals surface area contributed by atoms with Gasteiger partial charge >= 0.3 is 27.1 Å². The summed E-state index contributed by atoms with van der Waals surface area (Å²) in [6, 6.07) is 0. The van der Waals surface area contributed by atoms with Crippen LogP contribution in [0.25, 0.3) is 0 Å². The Hall–Kier alpha value is -0.760. The molecule has 0 aromatic heterocycles. The highest BCUT2D eigenvalue weighted by molar-refractivity contribution is 7.59. The van der Waals surface area contributed by atoms with E-state index in [4.69, 9.17) is 29.8 Å². The van der Waals surface area contributed by atoms with Crippen LogP contribution in [-0.2, 0) is 18.7 Å². The van der Waals surface area contributed by atoms with Gasteiger partial charge in [-0.15, -0.1) is 0 Å². The van der Waals surface area contributed by atoms with Crippen molar-refractivity contribution in [3.05, 3.63) is 0 Å². The molecule has 0 amide bonds. The van der Waals surface area contributed by atoms with Crippen LogP contribution < -0.4 is 0 Å². The lowest BCUT2D eigenvalue weighted by Crippen LogP contribution is -2.50. The molecule has 0 aromatic carbocycles. The fourth-order valence-corrected chi connectivity index (χ4v) is 3.75. The minimum atomic E-state index is -5.62. The fraction of sp³-hybridized carbons (Fsp3) is 0.600. The van der Waals surface area contributed by atoms with E-state index < -0.39 is 37.9 Å². The Morgan fingerprint density at radius 2 is 1.41 bits per heavy atom. The highest BCUT2D eigenvalue weighted by Gasteiger charge is 2.64. The zero-order valence-corrected chi connectivity index (χ0v) is 10.1. The van der Waals surface area contributed by atoms with Gasteiger partial charge in [0.05, 0.1) is 0 Å². The molecule has 0 saturated heterocycles. The van der Waals surface area contributed by atoms with E-state index in [-0.39, 0.29) is 6.92 Å². The summed E-state index contributed by atoms with van der Waals surface area (Å²) in [5.74, 6) is -4.63. The highest BCUT2D eigenvalue weighted by atomic mass is 31.2. The van der Waals surface area contributed by atoms with Crippen LogP contribution in [0.1, 0.15) is 6.92 Å². The molecule has 0 heterocycles. The quantitative estimate of drug-likeness (QED) is 0.330. The first kappa shape index (κ1) is 16.2. The molecule has 17 heavy (non-hydrogen) atoms. The summed E-state index contributed by atoms with van der Waals surface area (Å²) in [6.45, 7) is 0.272. The molecule has 12 heteroatoms. The molecular formula is C5H10O10P2. The largest absolute Gasteiger partial charge is 0.481 e. The number of hydrogen-bond acceptors (Lipinski definition) is 4. The van der Waals surface area contributed by atoms with Crippen molar-refractivity contribution in [2.24, 2.45) is 0 Å². The Morgan fingerprint density at radius 3 is 1.47 bits per heavy atom. The first-order chi connectivity index (χ1) is 7.26. The normalized spacial score (nSPS) is 18.2. The lowest BCUT2D eigenvalue weighted by molar-refractivity contribution is -0.146. The second-order valence-electron chi connectivity index (χ2n) is 3.33. The van der Waals surface area contributed by atoms with E-state index in [1.54, 1.807) is 0 Å². The van der Waals surface area contributed by atoms with Crippen LogP contribution in [0.15, 0.2) is 0 Å². The molecule has 0 saturated carbocycles. The van der Waals surface area contributed by atoms with E-state index in [0.717, 1.165) is 0 Å². The van der Waals surface area contributed by atoms with Crippen molar-refractivity contribution < 1.29 is 48.5 Å². The van der Waals surface area contributed by atoms with Gasteiger partial charge in [-0.05, 0) is 6.92 Å². The summed E-state index contributed by atoms with van der Waals surface area (Å²) < 4.78 is 21.9. The average Bonchev–Trinajstić information content (AvgIpc) is 1.97. The summed E-state index contributed by atoms with van der Waals surface area (Å²) in [4.78, 5) is 56.5. The SMILES string of the molecule is CC(C(=O)O)(C(C(=O)O)P(=O)(O)O)P(=O)(O)O. The number of aliphatic carboxylic acids is 2. The van der Waals surface area contributed by atoms with Gasteiger partial charge in [0.15, 0.2) is 10.8 Å². The van der Waals surface area contributed by atoms with Gasteiger partial charge in [-0.3, -0.25) is 18.7 Å². The lowest BCUT2D eigenvalue weighted by Gasteiger charge is -2.31. The van der Waals surface area contributed by atoms with Gasteiger partial charge in [0, 0.05) is 0 Å². The van der Waals surface area contributed by atoms with Crippen molar-refractivity contribution in [3.8, 4) is 0 Å². The summed E-state index contributed by atoms with van der Waals surface area (Å²) >= 11 is 0. The topological polar surface area (TPSA) is 190 Å². The smallest absolute Gasteiger partial charge is 0.344 e. The van der Waals surface area contributed by atoms with E-state index in [0.29, 0.717) is 0 Å². The third-order valence-corrected chi connectivity index (χ3v) is 5.41. The molecule has 0 spiro atoms. The van der Waals surface area contributed by atoms with E-state index >= 15 is 0 Å². The van der Waals surface area contributed by atoms with Gasteiger partial charge in [0.1, 0.15) is 0 Å². The molecule has 10 nitrogen and oxygen atoms in total. The molecule has 0 aliphatic rings. The van der Waals surface area contributed by atoms with E-state index in [9.17, 15) is 18.7 Å². The van der Waals surface area contributed by atoms with Crippen molar-refractivity contribution in [2.75, 3.05) is 0 Å². The van der Waals surface area contributed by atoms with Crippen LogP contribution >= 0.6 is 15.2 Å². The maximum atomic E-state index is 11.0. The van der Waals surface area contributed by atoms with Crippen molar-refractivity contribution >= 4 is 27.1 Å². The second-order valence-corrected chi connectivity index (χ2v) is 7.04. The van der Waals surface area contributed by atoms with E-state index in [2.05, 4.69) is 0 Å². The Bertz CT molecular complexity index is 430. The molecule has 0 rings (SSSR count). The minimum absolute atomic E-state index is 0.272. The maximum absolute atomic E-state index is 11.0. The van der Waals surface area contributed by atoms with Crippen LogP contribution in [0.4, 0.5) is 0 Å². The molecule has 100 valence electrons. The molecule has 6 N–H and O–H groups in total. The fourth-order valence-electron chi connectivity index (χ4n) is 1.11. The van der Waals surface area contributed by atoms with Gasteiger partial charge in [-0.1, -0.05) is 0 Å². The van der Waals surface area contributed by atoms with Gasteiger partial charge in [-0.25, -0.2) is 0 Å². The van der Waals surface area contributed by atoms with Crippen molar-refractivity contribution in [2.45, 2.75) is 17.7 Å². The van der Waals surface area contributed by atoms with Crippen LogP contribution in [-0.4, -0.2) is 52.5 Å². The Balaban J connectivity index is 6.12. The molecule has 0 aliphatic heterocycles. The standard InChI is InChI=1S/C5H10O10P2/c1-5(4(8)9,17(13,14)15)2(3(6)7)16(10,11)12/h2H,1H3,(H,6,7)(H,8,9)(H2,10,11,12)(H2,13,14,15). The van der Waals surface area contributed by atoms with Crippen molar-refractivity contribution in [1.29, 1.82) is 0 Å². The van der Waals surface area contributed by atoms with Crippen molar-refractivity contribution in [1.82, 2.24) is 0 Å². The van der Waals surface area contributed by atoms with Gasteiger partial charge in [-0.2, -0.15) is 0 Å². The monoisotopic (exact) mass is 292 g/mol. The molecule has 2 atom stereocenters. The third-order valence-electron chi connectivity index (χ3n) is 2.14. The zero-order valence-electron chi connectivity index (χ0n) is 8.29. The number of rotatable bonds is 5. The summed E-state index contributed by atoms with van der Waals surface area (Å²) in [7, 11) is -11.2. The molecule has 0 fully saturated rings. The molecule has 2 unspecified atom stereocenters. The summed E-state index contributed by atoms with van der Waals surface area (Å²) in [6.07, 6.45) is 0. The lowest BCUT2D eigenvalue weighted by atomic mass is 10.1. The Morgan fingerprint density at radius 1 is 1.06 bits per heavy atom. The van der Waals surface area contributed by atoms with Gasteiger partial charge in [0.25, 0.3) is 0 Å². The molecule has 0 radical (unpaired) electrons. The number of carboxylic acids is 2. The number of carboxylic acid groups (broad SMARTS) is 2.